The van der Waals surface area contributed by atoms with Crippen LogP contribution in [0.1, 0.15) is 6.42 Å². The molecule has 1 heterocycles. The van der Waals surface area contributed by atoms with E-state index in [1.807, 2.05) is 0 Å². The second-order valence-corrected chi connectivity index (χ2v) is 7.13. The van der Waals surface area contributed by atoms with Gasteiger partial charge in [0.05, 0.1) is 12.5 Å². The Morgan fingerprint density at radius 1 is 1.28 bits per heavy atom. The standard InChI is InChI=1S/C7H15N5O4S2/c1-17(13,14)10-3-2-4-11-18(15,16)6-5-9-12-7(6)8/h5,10-11H,2-4H2,1H3,(H3,8,9,12). The molecule has 9 nitrogen and oxygen atoms in total. The lowest BCUT2D eigenvalue weighted by Gasteiger charge is -2.05. The van der Waals surface area contributed by atoms with Gasteiger partial charge in [-0.25, -0.2) is 26.3 Å². The van der Waals surface area contributed by atoms with Crippen LogP contribution in [0.15, 0.2) is 11.1 Å². The molecule has 5 N–H and O–H groups in total. The maximum absolute atomic E-state index is 11.7. The Labute approximate surface area is 105 Å². The van der Waals surface area contributed by atoms with Crippen LogP contribution in [-0.4, -0.2) is 46.4 Å². The number of rotatable bonds is 7. The van der Waals surface area contributed by atoms with E-state index in [4.69, 9.17) is 5.73 Å². The van der Waals surface area contributed by atoms with Gasteiger partial charge < -0.3 is 5.73 Å². The van der Waals surface area contributed by atoms with Crippen molar-refractivity contribution in [2.24, 2.45) is 0 Å². The lowest BCUT2D eigenvalue weighted by molar-refractivity contribution is 0.575. The molecule has 0 unspecified atom stereocenters. The first-order chi connectivity index (χ1) is 8.22. The zero-order chi connectivity index (χ0) is 13.8. The van der Waals surface area contributed by atoms with Gasteiger partial charge in [0.2, 0.25) is 20.0 Å². The summed E-state index contributed by atoms with van der Waals surface area (Å²) in [6, 6.07) is 0. The number of nitrogens with one attached hydrogen (secondary N) is 3. The van der Waals surface area contributed by atoms with Crippen LogP contribution in [0.4, 0.5) is 5.82 Å². The molecule has 0 aromatic carbocycles. The topological polar surface area (TPSA) is 147 Å². The lowest BCUT2D eigenvalue weighted by atomic mass is 10.4. The molecular weight excluding hydrogens is 282 g/mol. The van der Waals surface area contributed by atoms with Crippen LogP contribution in [0, 0.1) is 0 Å². The molecule has 11 heteroatoms. The smallest absolute Gasteiger partial charge is 0.245 e. The first-order valence-corrected chi connectivity index (χ1v) is 8.33. The van der Waals surface area contributed by atoms with Crippen molar-refractivity contribution in [1.82, 2.24) is 19.6 Å². The van der Waals surface area contributed by atoms with Crippen LogP contribution in [0.3, 0.4) is 0 Å². The van der Waals surface area contributed by atoms with Gasteiger partial charge in [-0.1, -0.05) is 0 Å². The Morgan fingerprint density at radius 3 is 2.39 bits per heavy atom. The zero-order valence-corrected chi connectivity index (χ0v) is 11.3. The number of anilines is 1. The molecule has 0 bridgehead atoms. The molecule has 1 aromatic heterocycles. The second-order valence-electron chi connectivity index (χ2n) is 3.57. The van der Waals surface area contributed by atoms with E-state index in [-0.39, 0.29) is 23.8 Å². The van der Waals surface area contributed by atoms with Crippen LogP contribution in [0.5, 0.6) is 0 Å². The Morgan fingerprint density at radius 2 is 1.89 bits per heavy atom. The number of hydrogen-bond acceptors (Lipinski definition) is 6. The Kier molecular flexibility index (Phi) is 4.67. The van der Waals surface area contributed by atoms with Gasteiger partial charge in [-0.05, 0) is 6.42 Å². The summed E-state index contributed by atoms with van der Waals surface area (Å²) in [5.74, 6) is -0.0447. The van der Waals surface area contributed by atoms with Crippen LogP contribution in [-0.2, 0) is 20.0 Å². The number of nitrogens with zero attached hydrogens (tertiary/aromatic N) is 1. The van der Waals surface area contributed by atoms with Crippen LogP contribution < -0.4 is 15.2 Å². The maximum atomic E-state index is 11.7. The van der Waals surface area contributed by atoms with E-state index in [9.17, 15) is 16.8 Å². The monoisotopic (exact) mass is 297 g/mol. The van der Waals surface area contributed by atoms with Gasteiger partial charge in [-0.15, -0.1) is 0 Å². The fraction of sp³-hybridized carbons (Fsp3) is 0.571. The highest BCUT2D eigenvalue weighted by Gasteiger charge is 2.18. The predicted octanol–water partition coefficient (Wildman–Crippen LogP) is -1.79. The van der Waals surface area contributed by atoms with Crippen molar-refractivity contribution in [3.8, 4) is 0 Å². The largest absolute Gasteiger partial charge is 0.383 e. The zero-order valence-electron chi connectivity index (χ0n) is 9.67. The fourth-order valence-electron chi connectivity index (χ4n) is 1.13. The van der Waals surface area contributed by atoms with Crippen LogP contribution >= 0.6 is 0 Å². The Balaban J connectivity index is 2.43. The van der Waals surface area contributed by atoms with Crippen LogP contribution in [0.25, 0.3) is 0 Å². The van der Waals surface area contributed by atoms with E-state index in [0.717, 1.165) is 12.5 Å². The third kappa shape index (κ3) is 4.60. The van der Waals surface area contributed by atoms with Crippen molar-refractivity contribution in [3.05, 3.63) is 6.20 Å². The highest BCUT2D eigenvalue weighted by atomic mass is 32.2. The fourth-order valence-corrected chi connectivity index (χ4v) is 2.74. The second kappa shape index (κ2) is 5.65. The normalized spacial score (nSPS) is 12.7. The molecule has 0 fully saturated rings. The van der Waals surface area contributed by atoms with Crippen molar-refractivity contribution in [2.45, 2.75) is 11.3 Å². The van der Waals surface area contributed by atoms with Gasteiger partial charge in [0.1, 0.15) is 10.7 Å². The van der Waals surface area contributed by atoms with Gasteiger partial charge in [-0.3, -0.25) is 5.10 Å². The number of sulfonamides is 2. The third-order valence-corrected chi connectivity index (χ3v) is 4.15. The molecule has 104 valence electrons. The molecular formula is C7H15N5O4S2. The number of H-pyrrole nitrogens is 1. The van der Waals surface area contributed by atoms with Crippen molar-refractivity contribution < 1.29 is 16.8 Å². The molecule has 0 aliphatic rings. The predicted molar refractivity (Wildman–Crippen MR) is 65.7 cm³/mol. The van der Waals surface area contributed by atoms with Crippen LogP contribution in [0.2, 0.25) is 0 Å². The molecule has 0 saturated heterocycles. The minimum Gasteiger partial charge on any atom is -0.383 e. The maximum Gasteiger partial charge on any atom is 0.245 e. The van der Waals surface area contributed by atoms with Gasteiger partial charge in [-0.2, -0.15) is 5.10 Å². The van der Waals surface area contributed by atoms with Gasteiger partial charge in [0, 0.05) is 13.1 Å². The minimum atomic E-state index is -3.71. The number of aromatic nitrogens is 2. The number of nitrogen functional groups attached to an aromatic ring is 1. The highest BCUT2D eigenvalue weighted by molar-refractivity contribution is 7.89. The minimum absolute atomic E-state index is 0.0447. The van der Waals surface area contributed by atoms with Gasteiger partial charge >= 0.3 is 0 Å². The van der Waals surface area contributed by atoms with Crippen molar-refractivity contribution in [1.29, 1.82) is 0 Å². The summed E-state index contributed by atoms with van der Waals surface area (Å²) in [7, 11) is -6.96. The van der Waals surface area contributed by atoms with Crippen molar-refractivity contribution in [3.63, 3.8) is 0 Å². The number of hydrogen-bond donors (Lipinski definition) is 4. The molecule has 0 saturated carbocycles. The first-order valence-electron chi connectivity index (χ1n) is 4.95. The van der Waals surface area contributed by atoms with E-state index in [1.165, 1.54) is 0 Å². The molecule has 0 aliphatic carbocycles. The first kappa shape index (κ1) is 14.9. The summed E-state index contributed by atoms with van der Waals surface area (Å²) in [6.07, 6.45) is 2.46. The van der Waals surface area contributed by atoms with E-state index in [1.54, 1.807) is 0 Å². The van der Waals surface area contributed by atoms with E-state index < -0.39 is 20.0 Å². The van der Waals surface area contributed by atoms with Gasteiger partial charge in [0.25, 0.3) is 0 Å². The molecule has 1 rings (SSSR count). The molecule has 0 spiro atoms. The SMILES string of the molecule is CS(=O)(=O)NCCCNS(=O)(=O)c1cn[nH]c1N. The number of nitrogens with two attached hydrogens (primary N) is 1. The summed E-state index contributed by atoms with van der Waals surface area (Å²) in [4.78, 5) is -0.126. The third-order valence-electron chi connectivity index (χ3n) is 1.93. The molecule has 0 amide bonds. The van der Waals surface area contributed by atoms with E-state index in [2.05, 4.69) is 19.6 Å². The average molecular weight is 297 g/mol. The van der Waals surface area contributed by atoms with Gasteiger partial charge in [0.15, 0.2) is 0 Å². The summed E-state index contributed by atoms with van der Waals surface area (Å²) < 4.78 is 49.4. The van der Waals surface area contributed by atoms with Crippen molar-refractivity contribution in [2.75, 3.05) is 25.1 Å². The lowest BCUT2D eigenvalue weighted by Crippen LogP contribution is -2.29. The quantitative estimate of drug-likeness (QED) is 0.437. The Bertz CT molecular complexity index is 591. The summed E-state index contributed by atoms with van der Waals surface area (Å²) >= 11 is 0. The van der Waals surface area contributed by atoms with E-state index >= 15 is 0 Å². The molecule has 18 heavy (non-hydrogen) atoms. The highest BCUT2D eigenvalue weighted by Crippen LogP contribution is 2.12. The molecule has 0 atom stereocenters. The van der Waals surface area contributed by atoms with E-state index in [0.29, 0.717) is 6.42 Å². The van der Waals surface area contributed by atoms with Crippen molar-refractivity contribution >= 4 is 25.9 Å². The summed E-state index contributed by atoms with van der Waals surface area (Å²) in [6.45, 7) is 0.248. The Hall–Kier alpha value is -1.17. The number of aromatic amines is 1. The average Bonchev–Trinajstić information content (AvgIpc) is 2.62. The molecule has 0 radical (unpaired) electrons. The summed E-state index contributed by atoms with van der Waals surface area (Å²) in [5, 5.41) is 5.82. The molecule has 0 aliphatic heterocycles. The summed E-state index contributed by atoms with van der Waals surface area (Å²) in [5.41, 5.74) is 5.39. The molecule has 1 aromatic rings.